The van der Waals surface area contributed by atoms with Gasteiger partial charge in [0.1, 0.15) is 0 Å². The Morgan fingerprint density at radius 3 is 2.78 bits per heavy atom. The molecular formula is C24H21ClFN3O3. The van der Waals surface area contributed by atoms with Crippen LogP contribution in [0.5, 0.6) is 5.75 Å². The van der Waals surface area contributed by atoms with E-state index in [1.807, 2.05) is 24.3 Å². The minimum Gasteiger partial charge on any atom is -0.494 e. The van der Waals surface area contributed by atoms with Crippen molar-refractivity contribution in [1.29, 1.82) is 0 Å². The molecule has 5 rings (SSSR count). The summed E-state index contributed by atoms with van der Waals surface area (Å²) in [5, 5.41) is 4.92. The van der Waals surface area contributed by atoms with E-state index in [1.165, 1.54) is 24.3 Å². The zero-order chi connectivity index (χ0) is 22.4. The maximum atomic E-state index is 14.9. The number of pyridine rings is 1. The van der Waals surface area contributed by atoms with Gasteiger partial charge in [-0.3, -0.25) is 9.78 Å². The number of hydrogen-bond donors (Lipinski definition) is 1. The molecule has 3 amide bonds. The Balaban J connectivity index is 1.44. The molecular weight excluding hydrogens is 433 g/mol. The summed E-state index contributed by atoms with van der Waals surface area (Å²) >= 11 is 6.32. The Labute approximate surface area is 189 Å². The normalized spacial score (nSPS) is 23.1. The fourth-order valence-electron chi connectivity index (χ4n) is 4.97. The van der Waals surface area contributed by atoms with Gasteiger partial charge < -0.3 is 10.1 Å². The molecule has 1 aromatic heterocycles. The summed E-state index contributed by atoms with van der Waals surface area (Å²) in [5.41, 5.74) is 0.847. The molecule has 3 unspecified atom stereocenters. The molecule has 0 radical (unpaired) electrons. The second-order valence-corrected chi connectivity index (χ2v) is 8.61. The number of ether oxygens (including phenoxy) is 1. The molecule has 1 saturated carbocycles. The Kier molecular flexibility index (Phi) is 5.21. The van der Waals surface area contributed by atoms with Crippen molar-refractivity contribution in [2.45, 2.75) is 31.2 Å². The molecule has 32 heavy (non-hydrogen) atoms. The number of amides is 3. The SMILES string of the molecule is COc1ccc(Cl)c(C2CCC3C(=O)N(c4cncc5ccccc45)C(=O)NC3C2)c1F. The summed E-state index contributed by atoms with van der Waals surface area (Å²) in [7, 11) is 1.41. The number of urea groups is 1. The van der Waals surface area contributed by atoms with Gasteiger partial charge in [0.15, 0.2) is 11.6 Å². The molecule has 1 aliphatic carbocycles. The summed E-state index contributed by atoms with van der Waals surface area (Å²) in [6, 6.07) is 9.72. The summed E-state index contributed by atoms with van der Waals surface area (Å²) in [4.78, 5) is 31.8. The molecule has 2 fully saturated rings. The monoisotopic (exact) mass is 453 g/mol. The molecule has 0 spiro atoms. The number of carbonyl (C=O) groups excluding carboxylic acids is 2. The lowest BCUT2D eigenvalue weighted by atomic mass is 9.74. The highest BCUT2D eigenvalue weighted by molar-refractivity contribution is 6.31. The highest BCUT2D eigenvalue weighted by Gasteiger charge is 2.46. The van der Waals surface area contributed by atoms with Crippen LogP contribution in [0.25, 0.3) is 10.8 Å². The number of nitrogens with zero attached hydrogens (tertiary/aromatic N) is 2. The van der Waals surface area contributed by atoms with Gasteiger partial charge in [0.25, 0.3) is 0 Å². The minimum atomic E-state index is -0.493. The lowest BCUT2D eigenvalue weighted by molar-refractivity contribution is -0.124. The average molecular weight is 454 g/mol. The van der Waals surface area contributed by atoms with Crippen molar-refractivity contribution in [3.05, 3.63) is 65.2 Å². The lowest BCUT2D eigenvalue weighted by Crippen LogP contribution is -2.61. The second-order valence-electron chi connectivity index (χ2n) is 8.20. The number of carbonyl (C=O) groups is 2. The van der Waals surface area contributed by atoms with E-state index in [4.69, 9.17) is 16.3 Å². The van der Waals surface area contributed by atoms with Crippen LogP contribution in [0.3, 0.4) is 0 Å². The van der Waals surface area contributed by atoms with Crippen LogP contribution in [0.1, 0.15) is 30.7 Å². The van der Waals surface area contributed by atoms with E-state index >= 15 is 0 Å². The Bertz CT molecular complexity index is 1230. The lowest BCUT2D eigenvalue weighted by Gasteiger charge is -2.42. The maximum Gasteiger partial charge on any atom is 0.329 e. The van der Waals surface area contributed by atoms with Crippen molar-refractivity contribution < 1.29 is 18.7 Å². The van der Waals surface area contributed by atoms with Crippen LogP contribution >= 0.6 is 11.6 Å². The number of benzene rings is 2. The summed E-state index contributed by atoms with van der Waals surface area (Å²) < 4.78 is 20.0. The van der Waals surface area contributed by atoms with Gasteiger partial charge in [-0.1, -0.05) is 35.9 Å². The smallest absolute Gasteiger partial charge is 0.329 e. The number of halogens is 2. The van der Waals surface area contributed by atoms with Gasteiger partial charge in [-0.25, -0.2) is 14.1 Å². The first kappa shape index (κ1) is 20.7. The van der Waals surface area contributed by atoms with E-state index in [1.54, 1.807) is 12.3 Å². The fraction of sp³-hybridized carbons (Fsp3) is 0.292. The number of fused-ring (bicyclic) bond motifs is 2. The van der Waals surface area contributed by atoms with E-state index in [9.17, 15) is 14.0 Å². The van der Waals surface area contributed by atoms with Crippen molar-refractivity contribution in [3.8, 4) is 5.75 Å². The molecule has 2 aromatic carbocycles. The number of methoxy groups -OCH3 is 1. The van der Waals surface area contributed by atoms with E-state index in [2.05, 4.69) is 10.3 Å². The van der Waals surface area contributed by atoms with Gasteiger partial charge in [-0.2, -0.15) is 0 Å². The molecule has 8 heteroatoms. The number of nitrogens with one attached hydrogen (secondary N) is 1. The fourth-order valence-corrected chi connectivity index (χ4v) is 5.27. The van der Waals surface area contributed by atoms with E-state index in [-0.39, 0.29) is 17.6 Å². The van der Waals surface area contributed by atoms with Crippen molar-refractivity contribution >= 4 is 40.0 Å². The molecule has 6 nitrogen and oxygen atoms in total. The third-order valence-electron chi connectivity index (χ3n) is 6.51. The van der Waals surface area contributed by atoms with Crippen LogP contribution in [0.15, 0.2) is 48.8 Å². The zero-order valence-electron chi connectivity index (χ0n) is 17.3. The largest absolute Gasteiger partial charge is 0.494 e. The quantitative estimate of drug-likeness (QED) is 0.602. The van der Waals surface area contributed by atoms with Crippen molar-refractivity contribution in [1.82, 2.24) is 10.3 Å². The van der Waals surface area contributed by atoms with Crippen molar-refractivity contribution in [2.24, 2.45) is 5.92 Å². The van der Waals surface area contributed by atoms with E-state index in [0.717, 1.165) is 10.8 Å². The number of hydrogen-bond acceptors (Lipinski definition) is 4. The number of rotatable bonds is 3. The van der Waals surface area contributed by atoms with Crippen molar-refractivity contribution in [2.75, 3.05) is 12.0 Å². The first-order valence-electron chi connectivity index (χ1n) is 10.5. The molecule has 2 heterocycles. The highest BCUT2D eigenvalue weighted by atomic mass is 35.5. The summed E-state index contributed by atoms with van der Waals surface area (Å²) in [5.74, 6) is -1.23. The molecule has 1 N–H and O–H groups in total. The topological polar surface area (TPSA) is 71.5 Å². The van der Waals surface area contributed by atoms with Gasteiger partial charge in [-0.15, -0.1) is 0 Å². The van der Waals surface area contributed by atoms with Crippen LogP contribution in [0.2, 0.25) is 5.02 Å². The number of anilines is 1. The molecule has 0 bridgehead atoms. The summed E-state index contributed by atoms with van der Waals surface area (Å²) in [6.45, 7) is 0. The van der Waals surface area contributed by atoms with Crippen molar-refractivity contribution in [3.63, 3.8) is 0 Å². The highest BCUT2D eigenvalue weighted by Crippen LogP contribution is 2.44. The van der Waals surface area contributed by atoms with Crippen LogP contribution in [-0.4, -0.2) is 30.1 Å². The van der Waals surface area contributed by atoms with Gasteiger partial charge in [0.2, 0.25) is 5.91 Å². The van der Waals surface area contributed by atoms with Crippen LogP contribution in [0.4, 0.5) is 14.9 Å². The second kappa shape index (κ2) is 8.06. The number of imide groups is 1. The van der Waals surface area contributed by atoms with Gasteiger partial charge in [0, 0.05) is 33.6 Å². The molecule has 164 valence electrons. The maximum absolute atomic E-state index is 14.9. The van der Waals surface area contributed by atoms with Crippen LogP contribution < -0.4 is 15.0 Å². The Morgan fingerprint density at radius 1 is 1.16 bits per heavy atom. The first-order valence-corrected chi connectivity index (χ1v) is 10.9. The average Bonchev–Trinajstić information content (AvgIpc) is 2.79. The third kappa shape index (κ3) is 3.28. The van der Waals surface area contributed by atoms with E-state index < -0.39 is 23.8 Å². The Hall–Kier alpha value is -3.19. The number of aromatic nitrogens is 1. The zero-order valence-corrected chi connectivity index (χ0v) is 18.1. The van der Waals surface area contributed by atoms with Gasteiger partial charge in [0.05, 0.1) is 24.9 Å². The molecule has 3 atom stereocenters. The minimum absolute atomic E-state index is 0.130. The van der Waals surface area contributed by atoms with Gasteiger partial charge in [-0.05, 0) is 37.3 Å². The van der Waals surface area contributed by atoms with Crippen LogP contribution in [0, 0.1) is 11.7 Å². The van der Waals surface area contributed by atoms with Gasteiger partial charge >= 0.3 is 6.03 Å². The molecule has 3 aromatic rings. The Morgan fingerprint density at radius 2 is 1.97 bits per heavy atom. The third-order valence-corrected chi connectivity index (χ3v) is 6.84. The molecule has 2 aliphatic rings. The van der Waals surface area contributed by atoms with Crippen LogP contribution in [-0.2, 0) is 4.79 Å². The molecule has 1 aliphatic heterocycles. The first-order chi connectivity index (χ1) is 15.5. The predicted molar refractivity (Wildman–Crippen MR) is 120 cm³/mol. The standard InChI is InChI=1S/C24H21ClFN3O3/c1-32-20-9-8-17(25)21(22(20)26)13-6-7-16-18(10-13)28-24(31)29(23(16)30)19-12-27-11-14-4-2-3-5-15(14)19/h2-5,8-9,11-13,16,18H,6-7,10H2,1H3,(H,28,31). The summed E-state index contributed by atoms with van der Waals surface area (Å²) in [6.07, 6.45) is 4.75. The van der Waals surface area contributed by atoms with E-state index in [0.29, 0.717) is 35.5 Å². The molecule has 1 saturated heterocycles. The predicted octanol–water partition coefficient (Wildman–Crippen LogP) is 5.04.